The molecular formula is C10H9F3N4O2. The van der Waals surface area contributed by atoms with E-state index in [2.05, 4.69) is 9.97 Å². The first-order valence-electron chi connectivity index (χ1n) is 5.16. The minimum atomic E-state index is -4.80. The van der Waals surface area contributed by atoms with Gasteiger partial charge in [-0.3, -0.25) is 13.9 Å². The molecule has 0 radical (unpaired) electrons. The molecule has 0 N–H and O–H groups in total. The number of aromatic nitrogens is 4. The number of hydrogen-bond acceptors (Lipinski definition) is 4. The molecule has 9 heteroatoms. The predicted octanol–water partition coefficient (Wildman–Crippen LogP) is 0.354. The molecular weight excluding hydrogens is 265 g/mol. The minimum Gasteiger partial charge on any atom is -0.280 e. The number of nitrogens with zero attached hydrogens (tertiary/aromatic N) is 4. The van der Waals surface area contributed by atoms with Crippen LogP contribution >= 0.6 is 0 Å². The van der Waals surface area contributed by atoms with Crippen molar-refractivity contribution in [2.75, 3.05) is 0 Å². The van der Waals surface area contributed by atoms with Crippen molar-refractivity contribution < 1.29 is 13.2 Å². The molecule has 0 aliphatic heterocycles. The fraction of sp³-hybridized carbons (Fsp3) is 0.400. The van der Waals surface area contributed by atoms with Crippen LogP contribution in [0.4, 0.5) is 13.2 Å². The Balaban J connectivity index is 3.18. The third-order valence-corrected chi connectivity index (χ3v) is 2.68. The minimum absolute atomic E-state index is 0.164. The van der Waals surface area contributed by atoms with Gasteiger partial charge in [-0.2, -0.15) is 13.2 Å². The number of alkyl halides is 3. The Bertz CT molecular complexity index is 788. The number of fused-ring (bicyclic) bond motifs is 1. The van der Waals surface area contributed by atoms with Crippen LogP contribution < -0.4 is 11.2 Å². The lowest BCUT2D eigenvalue weighted by Crippen LogP contribution is -2.38. The van der Waals surface area contributed by atoms with Crippen molar-refractivity contribution in [3.63, 3.8) is 0 Å². The summed E-state index contributed by atoms with van der Waals surface area (Å²) in [7, 11) is 2.35. The van der Waals surface area contributed by atoms with Crippen molar-refractivity contribution >= 4 is 11.0 Å². The Kier molecular flexibility index (Phi) is 2.72. The van der Waals surface area contributed by atoms with Gasteiger partial charge in [0.25, 0.3) is 5.56 Å². The van der Waals surface area contributed by atoms with Crippen LogP contribution in [0.25, 0.3) is 11.0 Å². The van der Waals surface area contributed by atoms with Crippen LogP contribution in [0, 0.1) is 6.92 Å². The molecule has 0 aliphatic carbocycles. The molecule has 102 valence electrons. The third kappa shape index (κ3) is 1.90. The Labute approximate surface area is 104 Å². The smallest absolute Gasteiger partial charge is 0.280 e. The summed E-state index contributed by atoms with van der Waals surface area (Å²) in [6.45, 7) is 1.26. The van der Waals surface area contributed by atoms with E-state index in [9.17, 15) is 22.8 Å². The van der Waals surface area contributed by atoms with Gasteiger partial charge in [0.1, 0.15) is 11.2 Å². The highest BCUT2D eigenvalue weighted by molar-refractivity contribution is 5.77. The Morgan fingerprint density at radius 1 is 1.05 bits per heavy atom. The first-order chi connectivity index (χ1) is 8.64. The van der Waals surface area contributed by atoms with Crippen molar-refractivity contribution in [3.05, 3.63) is 32.4 Å². The summed E-state index contributed by atoms with van der Waals surface area (Å²) in [6, 6.07) is 0. The van der Waals surface area contributed by atoms with Gasteiger partial charge in [0.2, 0.25) is 0 Å². The van der Waals surface area contributed by atoms with Crippen molar-refractivity contribution in [1.82, 2.24) is 19.1 Å². The molecule has 2 aromatic heterocycles. The fourth-order valence-electron chi connectivity index (χ4n) is 1.77. The fourth-order valence-corrected chi connectivity index (χ4v) is 1.77. The molecule has 2 rings (SSSR count). The number of halogens is 3. The zero-order valence-corrected chi connectivity index (χ0v) is 10.2. The molecule has 2 heterocycles. The monoisotopic (exact) mass is 274 g/mol. The average Bonchev–Trinajstić information content (AvgIpc) is 2.31. The summed E-state index contributed by atoms with van der Waals surface area (Å²) in [5, 5.41) is -0.706. The standard InChI is InChI=1S/C10H9F3N4O2/c1-4-14-6(10(11,12)13)5-7(15-4)16(2)9(19)17(3)8(5)18/h1-3H3. The third-order valence-electron chi connectivity index (χ3n) is 2.68. The second-order valence-electron chi connectivity index (χ2n) is 4.02. The lowest BCUT2D eigenvalue weighted by Gasteiger charge is -2.12. The summed E-state index contributed by atoms with van der Waals surface area (Å²) < 4.78 is 40.2. The molecule has 0 spiro atoms. The topological polar surface area (TPSA) is 69.8 Å². The van der Waals surface area contributed by atoms with E-state index in [1.165, 1.54) is 14.0 Å². The molecule has 19 heavy (non-hydrogen) atoms. The van der Waals surface area contributed by atoms with Crippen LogP contribution in [-0.2, 0) is 20.3 Å². The van der Waals surface area contributed by atoms with E-state index in [-0.39, 0.29) is 11.5 Å². The maximum absolute atomic E-state index is 12.9. The van der Waals surface area contributed by atoms with E-state index in [4.69, 9.17) is 0 Å². The molecule has 0 saturated carbocycles. The summed E-state index contributed by atoms with van der Waals surface area (Å²) in [6.07, 6.45) is -4.80. The van der Waals surface area contributed by atoms with Gasteiger partial charge >= 0.3 is 11.9 Å². The van der Waals surface area contributed by atoms with Gasteiger partial charge in [-0.25, -0.2) is 14.8 Å². The lowest BCUT2D eigenvalue weighted by molar-refractivity contribution is -0.140. The quantitative estimate of drug-likeness (QED) is 0.695. The molecule has 2 aromatic rings. The normalized spacial score (nSPS) is 12.1. The molecule has 0 aromatic carbocycles. The number of rotatable bonds is 0. The van der Waals surface area contributed by atoms with Gasteiger partial charge in [0, 0.05) is 14.1 Å². The zero-order chi connectivity index (χ0) is 14.5. The van der Waals surface area contributed by atoms with Crippen LogP contribution in [0.2, 0.25) is 0 Å². The molecule has 0 bridgehead atoms. The van der Waals surface area contributed by atoms with Crippen molar-refractivity contribution in [2.45, 2.75) is 13.1 Å². The van der Waals surface area contributed by atoms with E-state index in [0.29, 0.717) is 4.57 Å². The van der Waals surface area contributed by atoms with Crippen molar-refractivity contribution in [2.24, 2.45) is 14.1 Å². The van der Waals surface area contributed by atoms with Crippen LogP contribution in [0.15, 0.2) is 9.59 Å². The summed E-state index contributed by atoms with van der Waals surface area (Å²) in [5.74, 6) is -0.164. The summed E-state index contributed by atoms with van der Waals surface area (Å²) >= 11 is 0. The Morgan fingerprint density at radius 3 is 2.16 bits per heavy atom. The van der Waals surface area contributed by atoms with E-state index in [0.717, 1.165) is 11.6 Å². The van der Waals surface area contributed by atoms with Crippen molar-refractivity contribution in [1.29, 1.82) is 0 Å². The van der Waals surface area contributed by atoms with Crippen LogP contribution in [0.1, 0.15) is 11.5 Å². The van der Waals surface area contributed by atoms with Gasteiger partial charge in [-0.15, -0.1) is 0 Å². The second kappa shape index (κ2) is 3.90. The Hall–Kier alpha value is -2.19. The van der Waals surface area contributed by atoms with Crippen LogP contribution in [-0.4, -0.2) is 19.1 Å². The predicted molar refractivity (Wildman–Crippen MR) is 59.8 cm³/mol. The van der Waals surface area contributed by atoms with E-state index in [1.807, 2.05) is 0 Å². The maximum Gasteiger partial charge on any atom is 0.434 e. The molecule has 0 aliphatic rings. The molecule has 0 saturated heterocycles. The summed E-state index contributed by atoms with van der Waals surface area (Å²) in [5.41, 5.74) is -3.46. The highest BCUT2D eigenvalue weighted by atomic mass is 19.4. The van der Waals surface area contributed by atoms with Crippen LogP contribution in [0.3, 0.4) is 0 Å². The first-order valence-corrected chi connectivity index (χ1v) is 5.16. The summed E-state index contributed by atoms with van der Waals surface area (Å²) in [4.78, 5) is 30.5. The highest BCUT2D eigenvalue weighted by Gasteiger charge is 2.37. The van der Waals surface area contributed by atoms with Gasteiger partial charge in [-0.05, 0) is 6.92 Å². The highest BCUT2D eigenvalue weighted by Crippen LogP contribution is 2.30. The molecule has 0 amide bonds. The first kappa shape index (κ1) is 13.2. The van der Waals surface area contributed by atoms with Gasteiger partial charge < -0.3 is 0 Å². The van der Waals surface area contributed by atoms with E-state index >= 15 is 0 Å². The maximum atomic E-state index is 12.9. The Morgan fingerprint density at radius 2 is 1.63 bits per heavy atom. The van der Waals surface area contributed by atoms with Crippen LogP contribution in [0.5, 0.6) is 0 Å². The largest absolute Gasteiger partial charge is 0.434 e. The zero-order valence-electron chi connectivity index (χ0n) is 10.2. The number of aryl methyl sites for hydroxylation is 2. The van der Waals surface area contributed by atoms with E-state index < -0.39 is 28.5 Å². The van der Waals surface area contributed by atoms with Gasteiger partial charge in [0.15, 0.2) is 11.3 Å². The van der Waals surface area contributed by atoms with Gasteiger partial charge in [0.05, 0.1) is 0 Å². The second-order valence-corrected chi connectivity index (χ2v) is 4.02. The van der Waals surface area contributed by atoms with Gasteiger partial charge in [-0.1, -0.05) is 0 Å². The lowest BCUT2D eigenvalue weighted by atomic mass is 10.2. The average molecular weight is 274 g/mol. The molecule has 0 fully saturated rings. The van der Waals surface area contributed by atoms with E-state index in [1.54, 1.807) is 0 Å². The van der Waals surface area contributed by atoms with Crippen molar-refractivity contribution in [3.8, 4) is 0 Å². The SMILES string of the molecule is Cc1nc(C(F)(F)F)c2c(=O)n(C)c(=O)n(C)c2n1. The molecule has 0 atom stereocenters. The molecule has 6 nitrogen and oxygen atoms in total. The molecule has 0 unspecified atom stereocenters. The number of hydrogen-bond donors (Lipinski definition) is 0.